The van der Waals surface area contributed by atoms with Gasteiger partial charge in [-0.05, 0) is 55.0 Å². The molecule has 0 heterocycles. The fourth-order valence-electron chi connectivity index (χ4n) is 5.00. The summed E-state index contributed by atoms with van der Waals surface area (Å²) in [6.45, 7) is 3.09. The van der Waals surface area contributed by atoms with Gasteiger partial charge in [0.15, 0.2) is 0 Å². The number of benzene rings is 3. The molecule has 0 bridgehead atoms. The maximum absolute atomic E-state index is 6.04. The molecular weight excluding hydrogens is 476 g/mol. The monoisotopic (exact) mass is 528 g/mol. The molecule has 0 radical (unpaired) electrons. The standard InChI is InChI=1S/C36H52N2O/c1-2-3-4-5-6-7-8-9-10-11-12-13-14-15-16-20-30-39-36-25-21-24-35(31-36)38-34-28-26-33(27-29-34)37-32-22-18-17-19-23-32/h17-19,21-29,31,37-38H,2-16,20,30H2,1H3. The van der Waals surface area contributed by atoms with Crippen molar-refractivity contribution in [3.63, 3.8) is 0 Å². The highest BCUT2D eigenvalue weighted by Crippen LogP contribution is 2.24. The third-order valence-corrected chi connectivity index (χ3v) is 7.34. The predicted octanol–water partition coefficient (Wildman–Crippen LogP) is 11.8. The van der Waals surface area contributed by atoms with Crippen LogP contribution in [0.25, 0.3) is 0 Å². The number of para-hydroxylation sites is 1. The van der Waals surface area contributed by atoms with Gasteiger partial charge in [-0.2, -0.15) is 0 Å². The summed E-state index contributed by atoms with van der Waals surface area (Å²) in [6.07, 6.45) is 22.2. The summed E-state index contributed by atoms with van der Waals surface area (Å²) in [7, 11) is 0. The molecule has 39 heavy (non-hydrogen) atoms. The fourth-order valence-corrected chi connectivity index (χ4v) is 5.00. The van der Waals surface area contributed by atoms with Crippen molar-refractivity contribution in [2.45, 2.75) is 110 Å². The predicted molar refractivity (Wildman–Crippen MR) is 171 cm³/mol. The molecule has 3 heteroatoms. The normalized spacial score (nSPS) is 10.9. The van der Waals surface area contributed by atoms with Crippen molar-refractivity contribution in [2.24, 2.45) is 0 Å². The average Bonchev–Trinajstić information content (AvgIpc) is 2.96. The van der Waals surface area contributed by atoms with E-state index in [1.54, 1.807) is 0 Å². The molecule has 2 N–H and O–H groups in total. The van der Waals surface area contributed by atoms with Crippen LogP contribution in [0.15, 0.2) is 78.9 Å². The molecule has 0 saturated heterocycles. The third kappa shape index (κ3) is 14.1. The van der Waals surface area contributed by atoms with Crippen molar-refractivity contribution in [1.82, 2.24) is 0 Å². The molecule has 0 aromatic heterocycles. The maximum Gasteiger partial charge on any atom is 0.121 e. The summed E-state index contributed by atoms with van der Waals surface area (Å²) in [5.74, 6) is 0.934. The molecule has 0 saturated carbocycles. The number of anilines is 4. The molecule has 0 spiro atoms. The molecule has 0 atom stereocenters. The van der Waals surface area contributed by atoms with Crippen molar-refractivity contribution in [2.75, 3.05) is 17.2 Å². The Labute approximate surface area is 238 Å². The van der Waals surface area contributed by atoms with E-state index in [9.17, 15) is 0 Å². The second kappa shape index (κ2) is 20.0. The van der Waals surface area contributed by atoms with E-state index in [0.29, 0.717) is 0 Å². The first-order chi connectivity index (χ1) is 19.3. The number of unbranched alkanes of at least 4 members (excludes halogenated alkanes) is 15. The first kappa shape index (κ1) is 30.6. The highest BCUT2D eigenvalue weighted by Gasteiger charge is 2.01. The number of nitrogens with one attached hydrogen (secondary N) is 2. The van der Waals surface area contributed by atoms with Gasteiger partial charge in [-0.15, -0.1) is 0 Å². The van der Waals surface area contributed by atoms with Gasteiger partial charge in [0.05, 0.1) is 6.61 Å². The molecular formula is C36H52N2O. The van der Waals surface area contributed by atoms with Crippen LogP contribution in [0.1, 0.15) is 110 Å². The van der Waals surface area contributed by atoms with Gasteiger partial charge < -0.3 is 15.4 Å². The van der Waals surface area contributed by atoms with Gasteiger partial charge in [0.1, 0.15) is 5.75 Å². The van der Waals surface area contributed by atoms with Crippen LogP contribution < -0.4 is 15.4 Å². The second-order valence-electron chi connectivity index (χ2n) is 10.9. The van der Waals surface area contributed by atoms with Crippen molar-refractivity contribution < 1.29 is 4.74 Å². The average molecular weight is 529 g/mol. The number of hydrogen-bond acceptors (Lipinski definition) is 3. The lowest BCUT2D eigenvalue weighted by atomic mass is 10.0. The van der Waals surface area contributed by atoms with Crippen LogP contribution in [0.5, 0.6) is 5.75 Å². The van der Waals surface area contributed by atoms with E-state index < -0.39 is 0 Å². The van der Waals surface area contributed by atoms with Crippen molar-refractivity contribution in [1.29, 1.82) is 0 Å². The van der Waals surface area contributed by atoms with Crippen LogP contribution >= 0.6 is 0 Å². The Bertz CT molecular complexity index is 986. The molecule has 3 nitrogen and oxygen atoms in total. The van der Waals surface area contributed by atoms with Gasteiger partial charge in [-0.1, -0.05) is 128 Å². The zero-order valence-electron chi connectivity index (χ0n) is 24.4. The summed E-state index contributed by atoms with van der Waals surface area (Å²) in [4.78, 5) is 0. The minimum absolute atomic E-state index is 0.793. The largest absolute Gasteiger partial charge is 0.494 e. The lowest BCUT2D eigenvalue weighted by Crippen LogP contribution is -1.98. The number of hydrogen-bond donors (Lipinski definition) is 2. The molecule has 3 aromatic carbocycles. The second-order valence-corrected chi connectivity index (χ2v) is 10.9. The number of ether oxygens (including phenoxy) is 1. The Morgan fingerprint density at radius 2 is 0.872 bits per heavy atom. The summed E-state index contributed by atoms with van der Waals surface area (Å²) >= 11 is 0. The van der Waals surface area contributed by atoms with Crippen molar-refractivity contribution in [3.8, 4) is 5.75 Å². The molecule has 0 fully saturated rings. The zero-order valence-corrected chi connectivity index (χ0v) is 24.4. The molecule has 0 aliphatic rings. The van der Waals surface area contributed by atoms with E-state index in [-0.39, 0.29) is 0 Å². The molecule has 3 rings (SSSR count). The topological polar surface area (TPSA) is 33.3 Å². The van der Waals surface area contributed by atoms with Crippen LogP contribution in [0.3, 0.4) is 0 Å². The molecule has 0 unspecified atom stereocenters. The summed E-state index contributed by atoms with van der Waals surface area (Å²) in [5, 5.41) is 6.91. The van der Waals surface area contributed by atoms with Crippen LogP contribution in [0.2, 0.25) is 0 Å². The van der Waals surface area contributed by atoms with Gasteiger partial charge in [0.25, 0.3) is 0 Å². The SMILES string of the molecule is CCCCCCCCCCCCCCCCCCOc1cccc(Nc2ccc(Nc3ccccc3)cc2)c1. The smallest absolute Gasteiger partial charge is 0.121 e. The highest BCUT2D eigenvalue weighted by atomic mass is 16.5. The van der Waals surface area contributed by atoms with Crippen LogP contribution in [-0.2, 0) is 0 Å². The van der Waals surface area contributed by atoms with Gasteiger partial charge >= 0.3 is 0 Å². The Morgan fingerprint density at radius 1 is 0.436 bits per heavy atom. The minimum atomic E-state index is 0.793. The molecule has 0 aliphatic carbocycles. The van der Waals surface area contributed by atoms with E-state index in [2.05, 4.69) is 72.2 Å². The van der Waals surface area contributed by atoms with E-state index in [1.165, 1.54) is 96.3 Å². The lowest BCUT2D eigenvalue weighted by Gasteiger charge is -2.11. The Kier molecular flexibility index (Phi) is 15.7. The fraction of sp³-hybridized carbons (Fsp3) is 0.500. The van der Waals surface area contributed by atoms with Crippen molar-refractivity contribution >= 4 is 22.7 Å². The van der Waals surface area contributed by atoms with Gasteiger partial charge in [0, 0.05) is 28.8 Å². The van der Waals surface area contributed by atoms with E-state index in [1.807, 2.05) is 24.3 Å². The first-order valence-electron chi connectivity index (χ1n) is 15.8. The van der Waals surface area contributed by atoms with E-state index >= 15 is 0 Å². The Morgan fingerprint density at radius 3 is 1.41 bits per heavy atom. The molecule has 0 aliphatic heterocycles. The molecule has 212 valence electrons. The van der Waals surface area contributed by atoms with Gasteiger partial charge in [-0.25, -0.2) is 0 Å². The lowest BCUT2D eigenvalue weighted by molar-refractivity contribution is 0.304. The van der Waals surface area contributed by atoms with Crippen LogP contribution in [0, 0.1) is 0 Å². The summed E-state index contributed by atoms with van der Waals surface area (Å²) < 4.78 is 6.04. The third-order valence-electron chi connectivity index (χ3n) is 7.34. The quantitative estimate of drug-likeness (QED) is 0.127. The van der Waals surface area contributed by atoms with Crippen LogP contribution in [0.4, 0.5) is 22.7 Å². The van der Waals surface area contributed by atoms with E-state index in [0.717, 1.165) is 41.5 Å². The number of rotatable bonds is 22. The van der Waals surface area contributed by atoms with Gasteiger partial charge in [-0.3, -0.25) is 0 Å². The summed E-state index contributed by atoms with van der Waals surface area (Å²) in [6, 6.07) is 26.9. The van der Waals surface area contributed by atoms with Crippen LogP contribution in [-0.4, -0.2) is 6.61 Å². The first-order valence-corrected chi connectivity index (χ1v) is 15.8. The molecule has 3 aromatic rings. The van der Waals surface area contributed by atoms with E-state index in [4.69, 9.17) is 4.74 Å². The minimum Gasteiger partial charge on any atom is -0.494 e. The molecule has 0 amide bonds. The summed E-state index contributed by atoms with van der Waals surface area (Å²) in [5.41, 5.74) is 4.27. The highest BCUT2D eigenvalue weighted by molar-refractivity contribution is 5.66. The zero-order chi connectivity index (χ0) is 27.2. The van der Waals surface area contributed by atoms with Crippen molar-refractivity contribution in [3.05, 3.63) is 78.9 Å². The maximum atomic E-state index is 6.04. The Balaban J connectivity index is 1.18. The van der Waals surface area contributed by atoms with Gasteiger partial charge in [0.2, 0.25) is 0 Å². The Hall–Kier alpha value is -2.94.